The number of nitrogens with zero attached hydrogens (tertiary/aromatic N) is 2. The molecule has 0 aliphatic heterocycles. The highest BCUT2D eigenvalue weighted by atomic mass is 35.5. The molecule has 4 aromatic rings. The molecule has 1 heterocycles. The van der Waals surface area contributed by atoms with Gasteiger partial charge in [-0.3, -0.25) is 5.32 Å². The second-order valence-electron chi connectivity index (χ2n) is 7.87. The Labute approximate surface area is 188 Å². The molecule has 0 unspecified atom stereocenters. The van der Waals surface area contributed by atoms with Gasteiger partial charge in [-0.25, -0.2) is 0 Å². The number of halogens is 1. The molecule has 160 valence electrons. The van der Waals surface area contributed by atoms with E-state index in [1.54, 1.807) is 13.8 Å². The Kier molecular flexibility index (Phi) is 6.91. The van der Waals surface area contributed by atoms with Crippen LogP contribution in [0.3, 0.4) is 0 Å². The minimum atomic E-state index is -0.936. The highest BCUT2D eigenvalue weighted by Gasteiger charge is 2.16. The van der Waals surface area contributed by atoms with Gasteiger partial charge in [0.25, 0.3) is 0 Å². The molecule has 0 bridgehead atoms. The third-order valence-electron chi connectivity index (χ3n) is 4.97. The lowest BCUT2D eigenvalue weighted by atomic mass is 9.96. The van der Waals surface area contributed by atoms with Gasteiger partial charge in [-0.15, -0.1) is 22.6 Å². The fourth-order valence-electron chi connectivity index (χ4n) is 3.38. The number of aromatic nitrogens is 2. The summed E-state index contributed by atoms with van der Waals surface area (Å²) < 4.78 is 6.04. The van der Waals surface area contributed by atoms with Crippen molar-refractivity contribution in [3.8, 4) is 34.0 Å². The normalized spacial score (nSPS) is 11.2. The number of nitrogens with one attached hydrogen (secondary N) is 1. The summed E-state index contributed by atoms with van der Waals surface area (Å²) in [5.74, 6) is 0.972. The summed E-state index contributed by atoms with van der Waals surface area (Å²) in [7, 11) is 0. The fourth-order valence-corrected chi connectivity index (χ4v) is 3.38. The van der Waals surface area contributed by atoms with Crippen LogP contribution in [0.4, 0.5) is 0 Å². The predicted octanol–water partition coefficient (Wildman–Crippen LogP) is 5.62. The summed E-state index contributed by atoms with van der Waals surface area (Å²) in [6.07, 6.45) is 0. The molecule has 31 heavy (non-hydrogen) atoms. The maximum Gasteiger partial charge on any atom is 0.248 e. The van der Waals surface area contributed by atoms with E-state index in [1.807, 2.05) is 54.6 Å². The van der Waals surface area contributed by atoms with Crippen LogP contribution in [0.15, 0.2) is 77.2 Å². The first-order chi connectivity index (χ1) is 14.4. The zero-order valence-corrected chi connectivity index (χ0v) is 18.6. The minimum Gasteiger partial charge on any atom is -0.416 e. The van der Waals surface area contributed by atoms with Gasteiger partial charge >= 0.3 is 0 Å². The second kappa shape index (κ2) is 9.43. The summed E-state index contributed by atoms with van der Waals surface area (Å²) in [4.78, 5) is 0. The van der Waals surface area contributed by atoms with Crippen molar-refractivity contribution in [2.75, 3.05) is 0 Å². The van der Waals surface area contributed by atoms with Crippen molar-refractivity contribution >= 4 is 12.4 Å². The van der Waals surface area contributed by atoms with Gasteiger partial charge in [-0.2, -0.15) is 0 Å². The fraction of sp³-hybridized carbons (Fsp3) is 0.200. The molecule has 0 saturated heterocycles. The van der Waals surface area contributed by atoms with Crippen molar-refractivity contribution in [1.29, 1.82) is 0 Å². The van der Waals surface area contributed by atoms with Gasteiger partial charge < -0.3 is 9.52 Å². The molecule has 0 atom stereocenters. The van der Waals surface area contributed by atoms with Crippen molar-refractivity contribution in [1.82, 2.24) is 15.5 Å². The average molecular weight is 436 g/mol. The molecule has 0 amide bonds. The first-order valence-corrected chi connectivity index (χ1v) is 9.96. The molecule has 0 aliphatic rings. The first kappa shape index (κ1) is 22.7. The Morgan fingerprint density at radius 1 is 0.839 bits per heavy atom. The van der Waals surface area contributed by atoms with E-state index in [0.717, 1.165) is 33.4 Å². The van der Waals surface area contributed by atoms with E-state index in [2.05, 4.69) is 40.6 Å². The lowest BCUT2D eigenvalue weighted by molar-refractivity contribution is 0.0416. The predicted molar refractivity (Wildman–Crippen MR) is 126 cm³/mol. The molecule has 0 saturated carbocycles. The van der Waals surface area contributed by atoms with Crippen LogP contribution in [0.25, 0.3) is 34.0 Å². The SMILES string of the molecule is Cc1c(-c2ccccc2)cccc1-c1nnc(-c2cccc(CNC(C)(C)O)c2)o1.Cl. The Morgan fingerprint density at radius 2 is 1.48 bits per heavy atom. The summed E-state index contributed by atoms with van der Waals surface area (Å²) in [6.45, 7) is 6.04. The molecule has 4 rings (SSSR count). The van der Waals surface area contributed by atoms with Crippen molar-refractivity contribution < 1.29 is 9.52 Å². The van der Waals surface area contributed by atoms with E-state index >= 15 is 0 Å². The molecule has 0 radical (unpaired) electrons. The molecular weight excluding hydrogens is 410 g/mol. The maximum absolute atomic E-state index is 9.87. The van der Waals surface area contributed by atoms with Crippen LogP contribution in [-0.4, -0.2) is 21.0 Å². The molecular formula is C25H26ClN3O2. The summed E-state index contributed by atoms with van der Waals surface area (Å²) in [5, 5.41) is 21.5. The van der Waals surface area contributed by atoms with E-state index in [0.29, 0.717) is 18.3 Å². The molecule has 6 heteroatoms. The number of hydrogen-bond donors (Lipinski definition) is 2. The van der Waals surface area contributed by atoms with Gasteiger partial charge in [0.15, 0.2) is 0 Å². The molecule has 0 spiro atoms. The van der Waals surface area contributed by atoms with Crippen LogP contribution in [0.2, 0.25) is 0 Å². The average Bonchev–Trinajstić information content (AvgIpc) is 3.23. The Hall–Kier alpha value is -2.99. The topological polar surface area (TPSA) is 71.2 Å². The van der Waals surface area contributed by atoms with E-state index in [9.17, 15) is 5.11 Å². The van der Waals surface area contributed by atoms with Gasteiger partial charge in [-0.1, -0.05) is 54.6 Å². The third kappa shape index (κ3) is 5.39. The molecule has 2 N–H and O–H groups in total. The lowest BCUT2D eigenvalue weighted by Gasteiger charge is -2.19. The smallest absolute Gasteiger partial charge is 0.248 e. The van der Waals surface area contributed by atoms with Crippen LogP contribution < -0.4 is 5.32 Å². The highest BCUT2D eigenvalue weighted by molar-refractivity contribution is 5.85. The zero-order chi connectivity index (χ0) is 21.1. The van der Waals surface area contributed by atoms with Crippen molar-refractivity contribution in [2.24, 2.45) is 0 Å². The van der Waals surface area contributed by atoms with Gasteiger partial charge in [0.2, 0.25) is 11.8 Å². The Bertz CT molecular complexity index is 1150. The third-order valence-corrected chi connectivity index (χ3v) is 4.97. The number of benzene rings is 3. The lowest BCUT2D eigenvalue weighted by Crippen LogP contribution is -2.38. The largest absolute Gasteiger partial charge is 0.416 e. The van der Waals surface area contributed by atoms with E-state index < -0.39 is 5.72 Å². The van der Waals surface area contributed by atoms with Gasteiger partial charge in [-0.05, 0) is 61.2 Å². The number of aliphatic hydroxyl groups is 1. The summed E-state index contributed by atoms with van der Waals surface area (Å²) >= 11 is 0. The quantitative estimate of drug-likeness (QED) is 0.384. The van der Waals surface area contributed by atoms with E-state index in [-0.39, 0.29) is 12.4 Å². The standard InChI is InChI=1S/C25H25N3O2.ClH/c1-17-21(19-10-5-4-6-11-19)13-8-14-22(17)24-28-27-23(30-24)20-12-7-9-18(15-20)16-26-25(2,3)29;/h4-15,26,29H,16H2,1-3H3;1H. The number of hydrogen-bond acceptors (Lipinski definition) is 5. The second-order valence-corrected chi connectivity index (χ2v) is 7.87. The first-order valence-electron chi connectivity index (χ1n) is 9.96. The summed E-state index contributed by atoms with van der Waals surface area (Å²) in [5.41, 5.74) is 5.26. The van der Waals surface area contributed by atoms with Crippen molar-refractivity contribution in [3.05, 3.63) is 83.9 Å². The molecule has 0 fully saturated rings. The zero-order valence-electron chi connectivity index (χ0n) is 17.8. The minimum absolute atomic E-state index is 0. The molecule has 1 aromatic heterocycles. The van der Waals surface area contributed by atoms with Crippen LogP contribution >= 0.6 is 12.4 Å². The highest BCUT2D eigenvalue weighted by Crippen LogP contribution is 2.32. The van der Waals surface area contributed by atoms with Gasteiger partial charge in [0.05, 0.1) is 0 Å². The molecule has 3 aromatic carbocycles. The van der Waals surface area contributed by atoms with Crippen molar-refractivity contribution in [2.45, 2.75) is 33.0 Å². The van der Waals surface area contributed by atoms with Crippen LogP contribution in [0.5, 0.6) is 0 Å². The summed E-state index contributed by atoms with van der Waals surface area (Å²) in [6, 6.07) is 24.3. The van der Waals surface area contributed by atoms with Gasteiger partial charge in [0.1, 0.15) is 5.72 Å². The maximum atomic E-state index is 9.87. The van der Waals surface area contributed by atoms with E-state index in [1.165, 1.54) is 0 Å². The van der Waals surface area contributed by atoms with Crippen LogP contribution in [0.1, 0.15) is 25.0 Å². The molecule has 5 nitrogen and oxygen atoms in total. The van der Waals surface area contributed by atoms with Gasteiger partial charge in [0, 0.05) is 17.7 Å². The monoisotopic (exact) mass is 435 g/mol. The molecule has 0 aliphatic carbocycles. The Morgan fingerprint density at radius 3 is 2.23 bits per heavy atom. The Balaban J connectivity index is 0.00000272. The van der Waals surface area contributed by atoms with Crippen molar-refractivity contribution in [3.63, 3.8) is 0 Å². The van der Waals surface area contributed by atoms with E-state index in [4.69, 9.17) is 4.42 Å². The van der Waals surface area contributed by atoms with Crippen LogP contribution in [-0.2, 0) is 6.54 Å². The van der Waals surface area contributed by atoms with Crippen LogP contribution in [0, 0.1) is 6.92 Å². The number of rotatable bonds is 6.